The van der Waals surface area contributed by atoms with Gasteiger partial charge in [0.15, 0.2) is 0 Å². The summed E-state index contributed by atoms with van der Waals surface area (Å²) in [7, 11) is 3.27. The van der Waals surface area contributed by atoms with Gasteiger partial charge >= 0.3 is 0 Å². The molecule has 18 heavy (non-hydrogen) atoms. The summed E-state index contributed by atoms with van der Waals surface area (Å²) in [5, 5.41) is 9.02. The first-order valence-electron chi connectivity index (χ1n) is 5.95. The highest BCUT2D eigenvalue weighted by Gasteiger charge is 2.07. The molecule has 0 amide bonds. The van der Waals surface area contributed by atoms with E-state index in [2.05, 4.69) is 4.90 Å². The van der Waals surface area contributed by atoms with E-state index in [1.54, 1.807) is 14.2 Å². The molecule has 0 saturated carbocycles. The fraction of sp³-hybridized carbons (Fsp3) is 0.538. The third kappa shape index (κ3) is 4.52. The van der Waals surface area contributed by atoms with Gasteiger partial charge in [0.25, 0.3) is 0 Å². The van der Waals surface area contributed by atoms with Crippen molar-refractivity contribution in [1.82, 2.24) is 4.90 Å². The van der Waals surface area contributed by atoms with Gasteiger partial charge in [-0.25, -0.2) is 0 Å². The lowest BCUT2D eigenvalue weighted by molar-refractivity contribution is 0.127. The molecule has 5 nitrogen and oxygen atoms in total. The van der Waals surface area contributed by atoms with Crippen LogP contribution in [0.1, 0.15) is 5.56 Å². The number of rotatable bonds is 8. The number of benzene rings is 1. The van der Waals surface area contributed by atoms with Gasteiger partial charge < -0.3 is 20.3 Å². The first kappa shape index (κ1) is 14.8. The molecule has 0 radical (unpaired) electrons. The van der Waals surface area contributed by atoms with Crippen molar-refractivity contribution in [2.45, 2.75) is 6.54 Å². The third-order valence-electron chi connectivity index (χ3n) is 2.73. The van der Waals surface area contributed by atoms with E-state index >= 15 is 0 Å². The summed E-state index contributed by atoms with van der Waals surface area (Å²) in [6.45, 7) is 2.91. The van der Waals surface area contributed by atoms with Gasteiger partial charge in [-0.1, -0.05) is 6.07 Å². The molecule has 1 aromatic carbocycles. The Balaban J connectivity index is 2.64. The maximum atomic E-state index is 9.02. The molecule has 102 valence electrons. The van der Waals surface area contributed by atoms with Crippen LogP contribution in [0.4, 0.5) is 5.69 Å². The van der Waals surface area contributed by atoms with E-state index in [0.29, 0.717) is 24.6 Å². The lowest BCUT2D eigenvalue weighted by atomic mass is 10.1. The summed E-state index contributed by atoms with van der Waals surface area (Å²) in [5.74, 6) is 0.685. The Kier molecular flexibility index (Phi) is 6.49. The predicted octanol–water partition coefficient (Wildman–Crippen LogP) is 0.718. The van der Waals surface area contributed by atoms with E-state index in [1.807, 2.05) is 18.2 Å². The van der Waals surface area contributed by atoms with Gasteiger partial charge in [0, 0.05) is 26.7 Å². The van der Waals surface area contributed by atoms with Crippen molar-refractivity contribution in [3.63, 3.8) is 0 Å². The Morgan fingerprint density at radius 2 is 2.06 bits per heavy atom. The molecule has 0 fully saturated rings. The van der Waals surface area contributed by atoms with Gasteiger partial charge in [0.05, 0.1) is 26.0 Å². The molecule has 1 aromatic rings. The molecule has 0 aromatic heterocycles. The van der Waals surface area contributed by atoms with Gasteiger partial charge in [-0.2, -0.15) is 0 Å². The standard InChI is InChI=1S/C13H22N2O3/c1-17-8-6-15(5-7-16)10-11-3-4-13(18-2)12(14)9-11/h3-4,9,16H,5-8,10,14H2,1-2H3. The molecule has 5 heteroatoms. The summed E-state index contributed by atoms with van der Waals surface area (Å²) in [4.78, 5) is 2.12. The van der Waals surface area contributed by atoms with E-state index < -0.39 is 0 Å². The van der Waals surface area contributed by atoms with Crippen LogP contribution in [0.3, 0.4) is 0 Å². The van der Waals surface area contributed by atoms with Crippen molar-refractivity contribution in [1.29, 1.82) is 0 Å². The summed E-state index contributed by atoms with van der Waals surface area (Å²) in [6.07, 6.45) is 0. The van der Waals surface area contributed by atoms with Crippen LogP contribution in [-0.4, -0.2) is 50.5 Å². The molecule has 0 aliphatic heterocycles. The highest BCUT2D eigenvalue weighted by molar-refractivity contribution is 5.54. The molecule has 3 N–H and O–H groups in total. The van der Waals surface area contributed by atoms with Crippen LogP contribution >= 0.6 is 0 Å². The molecule has 1 rings (SSSR count). The monoisotopic (exact) mass is 254 g/mol. The highest BCUT2D eigenvalue weighted by Crippen LogP contribution is 2.22. The Hall–Kier alpha value is -1.30. The van der Waals surface area contributed by atoms with Crippen LogP contribution in [0.5, 0.6) is 5.75 Å². The molecule has 0 aliphatic rings. The van der Waals surface area contributed by atoms with Crippen molar-refractivity contribution in [2.75, 3.05) is 46.3 Å². The van der Waals surface area contributed by atoms with Crippen LogP contribution in [0, 0.1) is 0 Å². The number of methoxy groups -OCH3 is 2. The lowest BCUT2D eigenvalue weighted by Gasteiger charge is -2.21. The van der Waals surface area contributed by atoms with Gasteiger partial charge in [0.1, 0.15) is 5.75 Å². The highest BCUT2D eigenvalue weighted by atomic mass is 16.5. The number of hydrogen-bond donors (Lipinski definition) is 2. The van der Waals surface area contributed by atoms with Crippen LogP contribution in [0.15, 0.2) is 18.2 Å². The molecule has 0 unspecified atom stereocenters. The van der Waals surface area contributed by atoms with E-state index in [1.165, 1.54) is 0 Å². The van der Waals surface area contributed by atoms with Crippen molar-refractivity contribution in [2.24, 2.45) is 0 Å². The Morgan fingerprint density at radius 3 is 2.61 bits per heavy atom. The first-order chi connectivity index (χ1) is 8.71. The maximum absolute atomic E-state index is 9.02. The number of aliphatic hydroxyl groups is 1. The van der Waals surface area contributed by atoms with E-state index in [0.717, 1.165) is 18.7 Å². The summed E-state index contributed by atoms with van der Waals surface area (Å²) < 4.78 is 10.2. The molecule has 0 aliphatic carbocycles. The maximum Gasteiger partial charge on any atom is 0.141 e. The third-order valence-corrected chi connectivity index (χ3v) is 2.73. The molecular weight excluding hydrogens is 232 g/mol. The number of hydrogen-bond acceptors (Lipinski definition) is 5. The van der Waals surface area contributed by atoms with E-state index in [9.17, 15) is 0 Å². The minimum absolute atomic E-state index is 0.134. The zero-order chi connectivity index (χ0) is 13.4. The molecule has 0 bridgehead atoms. The average molecular weight is 254 g/mol. The summed E-state index contributed by atoms with van der Waals surface area (Å²) >= 11 is 0. The Morgan fingerprint density at radius 1 is 1.28 bits per heavy atom. The predicted molar refractivity (Wildman–Crippen MR) is 71.6 cm³/mol. The lowest BCUT2D eigenvalue weighted by Crippen LogP contribution is -2.29. The number of ether oxygens (including phenoxy) is 2. The normalized spacial score (nSPS) is 10.9. The van der Waals surface area contributed by atoms with E-state index in [-0.39, 0.29) is 6.61 Å². The molecule has 0 heterocycles. The van der Waals surface area contributed by atoms with Gasteiger partial charge in [0.2, 0.25) is 0 Å². The van der Waals surface area contributed by atoms with Crippen molar-refractivity contribution in [3.8, 4) is 5.75 Å². The minimum Gasteiger partial charge on any atom is -0.495 e. The van der Waals surface area contributed by atoms with E-state index in [4.69, 9.17) is 20.3 Å². The first-order valence-corrected chi connectivity index (χ1v) is 5.95. The zero-order valence-electron chi connectivity index (χ0n) is 11.1. The SMILES string of the molecule is COCCN(CCO)Cc1ccc(OC)c(N)c1. The van der Waals surface area contributed by atoms with Crippen LogP contribution in [-0.2, 0) is 11.3 Å². The molecule has 0 atom stereocenters. The Bertz CT molecular complexity index is 358. The number of aliphatic hydroxyl groups excluding tert-OH is 1. The van der Waals surface area contributed by atoms with Gasteiger partial charge in [-0.15, -0.1) is 0 Å². The Labute approximate surface area is 108 Å². The number of nitrogens with zero attached hydrogens (tertiary/aromatic N) is 1. The van der Waals surface area contributed by atoms with Crippen LogP contribution in [0.2, 0.25) is 0 Å². The smallest absolute Gasteiger partial charge is 0.141 e. The molecule has 0 spiro atoms. The fourth-order valence-electron chi connectivity index (χ4n) is 1.77. The molecule has 0 saturated heterocycles. The fourth-order valence-corrected chi connectivity index (χ4v) is 1.77. The second kappa shape index (κ2) is 7.92. The number of nitrogens with two attached hydrogens (primary N) is 1. The van der Waals surface area contributed by atoms with Crippen LogP contribution < -0.4 is 10.5 Å². The van der Waals surface area contributed by atoms with Crippen molar-refractivity contribution in [3.05, 3.63) is 23.8 Å². The van der Waals surface area contributed by atoms with Crippen LogP contribution in [0.25, 0.3) is 0 Å². The summed E-state index contributed by atoms with van der Waals surface area (Å²) in [6, 6.07) is 5.74. The minimum atomic E-state index is 0.134. The topological polar surface area (TPSA) is 68.0 Å². The molecular formula is C13H22N2O3. The van der Waals surface area contributed by atoms with Gasteiger partial charge in [-0.05, 0) is 17.7 Å². The second-order valence-corrected chi connectivity index (χ2v) is 4.07. The van der Waals surface area contributed by atoms with Crippen molar-refractivity contribution < 1.29 is 14.6 Å². The summed E-state index contributed by atoms with van der Waals surface area (Å²) in [5.41, 5.74) is 7.59. The van der Waals surface area contributed by atoms with Gasteiger partial charge in [-0.3, -0.25) is 4.90 Å². The average Bonchev–Trinajstić information content (AvgIpc) is 2.36. The number of anilines is 1. The quantitative estimate of drug-likeness (QED) is 0.669. The number of nitrogen functional groups attached to an aromatic ring is 1. The zero-order valence-corrected chi connectivity index (χ0v) is 11.1. The largest absolute Gasteiger partial charge is 0.495 e. The van der Waals surface area contributed by atoms with Crippen molar-refractivity contribution >= 4 is 5.69 Å². The second-order valence-electron chi connectivity index (χ2n) is 4.07.